The number of hydrogen-bond donors (Lipinski definition) is 1. The Kier molecular flexibility index (Phi) is 2.65. The van der Waals surface area contributed by atoms with Gasteiger partial charge in [-0.15, -0.1) is 0 Å². The third-order valence-electron chi connectivity index (χ3n) is 1.38. The molecule has 58 valence electrons. The molecule has 0 unspecified atom stereocenters. The molecule has 0 saturated carbocycles. The quantitative estimate of drug-likeness (QED) is 0.765. The molecule has 0 aromatic heterocycles. The summed E-state index contributed by atoms with van der Waals surface area (Å²) in [6.45, 7) is 0. The van der Waals surface area contributed by atoms with Gasteiger partial charge in [0.05, 0.1) is 0 Å². The molecule has 0 aliphatic carbocycles. The standard InChI is InChI=1S/C8H7BrO2/c9-7-2-1-3-8(11)6(7)4-5-10/h1-3,5,11H,4H2. The van der Waals surface area contributed by atoms with E-state index in [2.05, 4.69) is 15.9 Å². The monoisotopic (exact) mass is 214 g/mol. The Labute approximate surface area is 73.0 Å². The Bertz CT molecular complexity index is 251. The summed E-state index contributed by atoms with van der Waals surface area (Å²) in [6.07, 6.45) is 1.01. The van der Waals surface area contributed by atoms with Crippen molar-refractivity contribution in [3.05, 3.63) is 28.2 Å². The van der Waals surface area contributed by atoms with Crippen LogP contribution < -0.4 is 0 Å². The third kappa shape index (κ3) is 1.80. The van der Waals surface area contributed by atoms with E-state index in [-0.39, 0.29) is 12.2 Å². The van der Waals surface area contributed by atoms with Crippen molar-refractivity contribution in [3.8, 4) is 5.75 Å². The van der Waals surface area contributed by atoms with Crippen molar-refractivity contribution in [3.63, 3.8) is 0 Å². The molecule has 0 bridgehead atoms. The average molecular weight is 215 g/mol. The fourth-order valence-corrected chi connectivity index (χ4v) is 1.35. The Balaban J connectivity index is 3.09. The van der Waals surface area contributed by atoms with Crippen LogP contribution in [-0.2, 0) is 11.2 Å². The fourth-order valence-electron chi connectivity index (χ4n) is 0.833. The van der Waals surface area contributed by atoms with Crippen LogP contribution in [0, 0.1) is 0 Å². The summed E-state index contributed by atoms with van der Waals surface area (Å²) in [4.78, 5) is 10.1. The Morgan fingerprint density at radius 2 is 2.27 bits per heavy atom. The zero-order chi connectivity index (χ0) is 8.27. The molecule has 0 heterocycles. The maximum absolute atomic E-state index is 10.1. The van der Waals surface area contributed by atoms with Crippen LogP contribution in [0.5, 0.6) is 5.75 Å². The molecule has 0 radical (unpaired) electrons. The molecular formula is C8H7BrO2. The number of halogens is 1. The minimum Gasteiger partial charge on any atom is -0.508 e. The second-order valence-electron chi connectivity index (χ2n) is 2.11. The molecule has 11 heavy (non-hydrogen) atoms. The highest BCUT2D eigenvalue weighted by atomic mass is 79.9. The topological polar surface area (TPSA) is 37.3 Å². The number of rotatable bonds is 2. The van der Waals surface area contributed by atoms with Gasteiger partial charge in [0.2, 0.25) is 0 Å². The minimum absolute atomic E-state index is 0.159. The molecule has 1 N–H and O–H groups in total. The van der Waals surface area contributed by atoms with Crippen LogP contribution in [0.2, 0.25) is 0 Å². The molecule has 1 rings (SSSR count). The van der Waals surface area contributed by atoms with Gasteiger partial charge in [0.1, 0.15) is 12.0 Å². The molecular weight excluding hydrogens is 208 g/mol. The van der Waals surface area contributed by atoms with E-state index in [0.29, 0.717) is 5.56 Å². The van der Waals surface area contributed by atoms with Gasteiger partial charge in [-0.1, -0.05) is 22.0 Å². The van der Waals surface area contributed by atoms with E-state index in [0.717, 1.165) is 10.8 Å². The molecule has 3 heteroatoms. The smallest absolute Gasteiger partial charge is 0.124 e. The highest BCUT2D eigenvalue weighted by molar-refractivity contribution is 9.10. The van der Waals surface area contributed by atoms with Gasteiger partial charge in [0.25, 0.3) is 0 Å². The summed E-state index contributed by atoms with van der Waals surface area (Å²) in [5, 5.41) is 9.23. The summed E-state index contributed by atoms with van der Waals surface area (Å²) in [5.41, 5.74) is 0.641. The van der Waals surface area contributed by atoms with Crippen LogP contribution in [0.15, 0.2) is 22.7 Å². The second kappa shape index (κ2) is 3.53. The van der Waals surface area contributed by atoms with Crippen LogP contribution in [0.4, 0.5) is 0 Å². The van der Waals surface area contributed by atoms with E-state index >= 15 is 0 Å². The highest BCUT2D eigenvalue weighted by Gasteiger charge is 2.03. The highest BCUT2D eigenvalue weighted by Crippen LogP contribution is 2.25. The summed E-state index contributed by atoms with van der Waals surface area (Å²) in [7, 11) is 0. The zero-order valence-electron chi connectivity index (χ0n) is 5.75. The Morgan fingerprint density at radius 1 is 1.55 bits per heavy atom. The van der Waals surface area contributed by atoms with E-state index < -0.39 is 0 Å². The first-order valence-corrected chi connectivity index (χ1v) is 3.95. The lowest BCUT2D eigenvalue weighted by molar-refractivity contribution is -0.107. The number of aromatic hydroxyl groups is 1. The predicted molar refractivity (Wildman–Crippen MR) is 45.6 cm³/mol. The Hall–Kier alpha value is -0.830. The summed E-state index contributed by atoms with van der Waals surface area (Å²) < 4.78 is 0.768. The molecule has 0 fully saturated rings. The van der Waals surface area contributed by atoms with Gasteiger partial charge in [-0.05, 0) is 12.1 Å². The molecule has 0 spiro atoms. The van der Waals surface area contributed by atoms with E-state index in [1.54, 1.807) is 18.2 Å². The van der Waals surface area contributed by atoms with Crippen molar-refractivity contribution < 1.29 is 9.90 Å². The Morgan fingerprint density at radius 3 is 2.82 bits per heavy atom. The van der Waals surface area contributed by atoms with E-state index in [1.807, 2.05) is 0 Å². The van der Waals surface area contributed by atoms with Crippen LogP contribution in [0.25, 0.3) is 0 Å². The molecule has 0 aliphatic heterocycles. The second-order valence-corrected chi connectivity index (χ2v) is 2.96. The number of carbonyl (C=O) groups is 1. The van der Waals surface area contributed by atoms with Crippen molar-refractivity contribution in [2.45, 2.75) is 6.42 Å². The molecule has 0 atom stereocenters. The van der Waals surface area contributed by atoms with Crippen molar-refractivity contribution in [1.29, 1.82) is 0 Å². The predicted octanol–water partition coefficient (Wildman–Crippen LogP) is 1.90. The van der Waals surface area contributed by atoms with Crippen LogP contribution in [0.1, 0.15) is 5.56 Å². The number of hydrogen-bond acceptors (Lipinski definition) is 2. The molecule has 1 aromatic carbocycles. The maximum Gasteiger partial charge on any atom is 0.124 e. The van der Waals surface area contributed by atoms with E-state index in [9.17, 15) is 9.90 Å². The van der Waals surface area contributed by atoms with Crippen LogP contribution in [0.3, 0.4) is 0 Å². The fraction of sp³-hybridized carbons (Fsp3) is 0.125. The summed E-state index contributed by atoms with van der Waals surface area (Å²) in [6, 6.07) is 5.07. The van der Waals surface area contributed by atoms with Crippen molar-refractivity contribution in [2.24, 2.45) is 0 Å². The molecule has 0 saturated heterocycles. The zero-order valence-corrected chi connectivity index (χ0v) is 7.34. The maximum atomic E-state index is 10.1. The van der Waals surface area contributed by atoms with E-state index in [4.69, 9.17) is 0 Å². The first-order chi connectivity index (χ1) is 5.25. The minimum atomic E-state index is 0.159. The van der Waals surface area contributed by atoms with Crippen molar-refractivity contribution in [2.75, 3.05) is 0 Å². The van der Waals surface area contributed by atoms with Gasteiger partial charge in [-0.3, -0.25) is 0 Å². The normalized spacial score (nSPS) is 9.55. The summed E-state index contributed by atoms with van der Waals surface area (Å²) >= 11 is 3.23. The lowest BCUT2D eigenvalue weighted by Gasteiger charge is -2.01. The lowest BCUT2D eigenvalue weighted by atomic mass is 10.1. The summed E-state index contributed by atoms with van der Waals surface area (Å²) in [5.74, 6) is 0.159. The van der Waals surface area contributed by atoms with Gasteiger partial charge in [0.15, 0.2) is 0 Å². The number of benzene rings is 1. The third-order valence-corrected chi connectivity index (χ3v) is 2.12. The number of phenolic OH excluding ortho intramolecular Hbond substituents is 1. The SMILES string of the molecule is O=CCc1c(O)cccc1Br. The van der Waals surface area contributed by atoms with Crippen molar-refractivity contribution >= 4 is 22.2 Å². The van der Waals surface area contributed by atoms with Crippen LogP contribution >= 0.6 is 15.9 Å². The molecule has 0 amide bonds. The molecule has 2 nitrogen and oxygen atoms in total. The van der Waals surface area contributed by atoms with Gasteiger partial charge in [-0.25, -0.2) is 0 Å². The number of aldehydes is 1. The first-order valence-electron chi connectivity index (χ1n) is 3.15. The van der Waals surface area contributed by atoms with Gasteiger partial charge in [-0.2, -0.15) is 0 Å². The largest absolute Gasteiger partial charge is 0.508 e. The average Bonchev–Trinajstić information content (AvgIpc) is 1.97. The van der Waals surface area contributed by atoms with Crippen molar-refractivity contribution in [1.82, 2.24) is 0 Å². The van der Waals surface area contributed by atoms with Gasteiger partial charge >= 0.3 is 0 Å². The van der Waals surface area contributed by atoms with Gasteiger partial charge in [0, 0.05) is 16.5 Å². The number of carbonyl (C=O) groups excluding carboxylic acids is 1. The van der Waals surface area contributed by atoms with E-state index in [1.165, 1.54) is 0 Å². The lowest BCUT2D eigenvalue weighted by Crippen LogP contribution is -1.87. The molecule has 0 aliphatic rings. The van der Waals surface area contributed by atoms with Gasteiger partial charge < -0.3 is 9.90 Å². The molecule has 1 aromatic rings. The first kappa shape index (κ1) is 8.27. The number of phenols is 1. The van der Waals surface area contributed by atoms with Crippen LogP contribution in [-0.4, -0.2) is 11.4 Å².